The Bertz CT molecular complexity index is 653. The summed E-state index contributed by atoms with van der Waals surface area (Å²) in [4.78, 5) is 14.2. The zero-order valence-electron chi connectivity index (χ0n) is 12.4. The van der Waals surface area contributed by atoms with E-state index in [4.69, 9.17) is 4.74 Å². The number of carbonyl (C=O) groups excluding carboxylic acids is 1. The smallest absolute Gasteiger partial charge is 0.168 e. The predicted octanol–water partition coefficient (Wildman–Crippen LogP) is 3.33. The van der Waals surface area contributed by atoms with Crippen LogP contribution in [0.15, 0.2) is 42.5 Å². The molecule has 0 aliphatic rings. The predicted molar refractivity (Wildman–Crippen MR) is 81.8 cm³/mol. The molecule has 0 N–H and O–H groups in total. The highest BCUT2D eigenvalue weighted by molar-refractivity contribution is 5.98. The first-order valence-electron chi connectivity index (χ1n) is 6.65. The van der Waals surface area contributed by atoms with Gasteiger partial charge in [0.05, 0.1) is 7.11 Å². The Labute approximate surface area is 124 Å². The van der Waals surface area contributed by atoms with Gasteiger partial charge in [-0.15, -0.1) is 0 Å². The molecule has 0 fully saturated rings. The first kappa shape index (κ1) is 15.0. The van der Waals surface area contributed by atoms with E-state index in [-0.39, 0.29) is 18.0 Å². The number of anilines is 1. The molecule has 2 aromatic rings. The molecule has 0 atom stereocenters. The maximum atomic E-state index is 14.1. The van der Waals surface area contributed by atoms with E-state index in [1.54, 1.807) is 24.3 Å². The number of ketones is 1. The lowest BCUT2D eigenvalue weighted by Gasteiger charge is -2.13. The summed E-state index contributed by atoms with van der Waals surface area (Å²) in [6.07, 6.45) is 0.0138. The average Bonchev–Trinajstić information content (AvgIpc) is 2.49. The van der Waals surface area contributed by atoms with Gasteiger partial charge in [-0.05, 0) is 23.8 Å². The monoisotopic (exact) mass is 287 g/mol. The van der Waals surface area contributed by atoms with Crippen LogP contribution >= 0.6 is 0 Å². The van der Waals surface area contributed by atoms with Crippen LogP contribution in [-0.2, 0) is 6.42 Å². The van der Waals surface area contributed by atoms with E-state index in [0.29, 0.717) is 11.1 Å². The Balaban J connectivity index is 2.24. The number of rotatable bonds is 5. The Hall–Kier alpha value is -2.36. The summed E-state index contributed by atoms with van der Waals surface area (Å²) in [6.45, 7) is 0. The number of benzene rings is 2. The number of carbonyl (C=O) groups is 1. The molecular weight excluding hydrogens is 269 g/mol. The highest BCUT2D eigenvalue weighted by atomic mass is 19.1. The van der Waals surface area contributed by atoms with E-state index in [1.165, 1.54) is 13.2 Å². The second-order valence-electron chi connectivity index (χ2n) is 4.98. The van der Waals surface area contributed by atoms with Crippen molar-refractivity contribution in [2.24, 2.45) is 0 Å². The zero-order valence-corrected chi connectivity index (χ0v) is 12.4. The van der Waals surface area contributed by atoms with Crippen LogP contribution in [0.25, 0.3) is 0 Å². The topological polar surface area (TPSA) is 29.5 Å². The van der Waals surface area contributed by atoms with E-state index in [0.717, 1.165) is 5.69 Å². The Kier molecular flexibility index (Phi) is 4.58. The van der Waals surface area contributed by atoms with Gasteiger partial charge in [-0.3, -0.25) is 4.79 Å². The fraction of sp³-hybridized carbons (Fsp3) is 0.235. The maximum absolute atomic E-state index is 14.1. The number of hydrogen-bond acceptors (Lipinski definition) is 3. The van der Waals surface area contributed by atoms with E-state index < -0.39 is 5.82 Å². The van der Waals surface area contributed by atoms with Crippen molar-refractivity contribution >= 4 is 11.5 Å². The van der Waals surface area contributed by atoms with Gasteiger partial charge < -0.3 is 9.64 Å². The van der Waals surface area contributed by atoms with Crippen molar-refractivity contribution in [2.75, 3.05) is 26.1 Å². The molecule has 0 aliphatic carbocycles. The first-order chi connectivity index (χ1) is 10.0. The van der Waals surface area contributed by atoms with E-state index in [1.807, 2.05) is 31.1 Å². The van der Waals surface area contributed by atoms with Gasteiger partial charge in [-0.1, -0.05) is 24.3 Å². The molecule has 0 spiro atoms. The molecule has 0 aromatic heterocycles. The number of ether oxygens (including phenoxy) is 1. The molecule has 4 heteroatoms. The van der Waals surface area contributed by atoms with Crippen LogP contribution in [0.2, 0.25) is 0 Å². The van der Waals surface area contributed by atoms with Crippen molar-refractivity contribution in [3.05, 3.63) is 59.4 Å². The lowest BCUT2D eigenvalue weighted by molar-refractivity contribution is 0.0991. The standard InChI is InChI=1S/C17H18FNO2/c1-19(2)14-8-4-6-12(10-14)15(20)11-13-7-5-9-16(21-3)17(13)18/h4-10H,11H2,1-3H3. The van der Waals surface area contributed by atoms with E-state index >= 15 is 0 Å². The third-order valence-corrected chi connectivity index (χ3v) is 3.30. The molecule has 0 amide bonds. The number of halogens is 1. The minimum atomic E-state index is -0.475. The van der Waals surface area contributed by atoms with Crippen molar-refractivity contribution in [1.29, 1.82) is 0 Å². The van der Waals surface area contributed by atoms with Crippen LogP contribution < -0.4 is 9.64 Å². The lowest BCUT2D eigenvalue weighted by Crippen LogP contribution is -2.11. The van der Waals surface area contributed by atoms with Gasteiger partial charge in [-0.2, -0.15) is 0 Å². The molecule has 0 aliphatic heterocycles. The molecule has 0 saturated heterocycles. The van der Waals surface area contributed by atoms with E-state index in [2.05, 4.69) is 0 Å². The van der Waals surface area contributed by atoms with Crippen molar-refractivity contribution in [3.8, 4) is 5.75 Å². The van der Waals surface area contributed by atoms with Gasteiger partial charge in [0.15, 0.2) is 17.3 Å². The van der Waals surface area contributed by atoms with Crippen molar-refractivity contribution in [1.82, 2.24) is 0 Å². The average molecular weight is 287 g/mol. The molecule has 0 unspecified atom stereocenters. The molecule has 2 aromatic carbocycles. The van der Waals surface area contributed by atoms with Gasteiger partial charge >= 0.3 is 0 Å². The normalized spacial score (nSPS) is 10.3. The summed E-state index contributed by atoms with van der Waals surface area (Å²) in [6, 6.07) is 12.1. The molecule has 2 rings (SSSR count). The highest BCUT2D eigenvalue weighted by Gasteiger charge is 2.14. The molecule has 0 saturated carbocycles. The number of nitrogens with zero attached hydrogens (tertiary/aromatic N) is 1. The van der Waals surface area contributed by atoms with Crippen molar-refractivity contribution in [2.45, 2.75) is 6.42 Å². The summed E-state index contributed by atoms with van der Waals surface area (Å²) in [5.41, 5.74) is 1.85. The third kappa shape index (κ3) is 3.40. The van der Waals surface area contributed by atoms with Crippen LogP contribution in [0.4, 0.5) is 10.1 Å². The summed E-state index contributed by atoms with van der Waals surface area (Å²) < 4.78 is 19.0. The highest BCUT2D eigenvalue weighted by Crippen LogP contribution is 2.22. The Morgan fingerprint density at radius 2 is 1.90 bits per heavy atom. The fourth-order valence-electron chi connectivity index (χ4n) is 2.08. The van der Waals surface area contributed by atoms with Crippen molar-refractivity contribution in [3.63, 3.8) is 0 Å². The van der Waals surface area contributed by atoms with Crippen LogP contribution in [0.3, 0.4) is 0 Å². The summed E-state index contributed by atoms with van der Waals surface area (Å²) >= 11 is 0. The SMILES string of the molecule is COc1cccc(CC(=O)c2cccc(N(C)C)c2)c1F. The Morgan fingerprint density at radius 1 is 1.19 bits per heavy atom. The number of Topliss-reactive ketones (excluding diaryl/α,β-unsaturated/α-hetero) is 1. The van der Waals surface area contributed by atoms with Gasteiger partial charge in [0, 0.05) is 31.8 Å². The van der Waals surface area contributed by atoms with Gasteiger partial charge in [0.25, 0.3) is 0 Å². The van der Waals surface area contributed by atoms with E-state index in [9.17, 15) is 9.18 Å². The molecular formula is C17H18FNO2. The largest absolute Gasteiger partial charge is 0.494 e. The summed E-state index contributed by atoms with van der Waals surface area (Å²) in [7, 11) is 5.22. The van der Waals surface area contributed by atoms with Crippen LogP contribution in [0, 0.1) is 5.82 Å². The number of hydrogen-bond donors (Lipinski definition) is 0. The van der Waals surface area contributed by atoms with Crippen LogP contribution in [0.5, 0.6) is 5.75 Å². The molecule has 0 heterocycles. The maximum Gasteiger partial charge on any atom is 0.168 e. The first-order valence-corrected chi connectivity index (χ1v) is 6.65. The number of methoxy groups -OCH3 is 1. The second kappa shape index (κ2) is 6.39. The Morgan fingerprint density at radius 3 is 2.57 bits per heavy atom. The summed E-state index contributed by atoms with van der Waals surface area (Å²) in [5.74, 6) is -0.440. The van der Waals surface area contributed by atoms with Crippen LogP contribution in [-0.4, -0.2) is 27.0 Å². The van der Waals surface area contributed by atoms with Gasteiger partial charge in [-0.25, -0.2) is 4.39 Å². The molecule has 110 valence electrons. The quantitative estimate of drug-likeness (QED) is 0.790. The molecule has 21 heavy (non-hydrogen) atoms. The van der Waals surface area contributed by atoms with Crippen molar-refractivity contribution < 1.29 is 13.9 Å². The van der Waals surface area contributed by atoms with Gasteiger partial charge in [0.1, 0.15) is 0 Å². The second-order valence-corrected chi connectivity index (χ2v) is 4.98. The fourth-order valence-corrected chi connectivity index (χ4v) is 2.08. The lowest BCUT2D eigenvalue weighted by atomic mass is 10.0. The molecule has 0 radical (unpaired) electrons. The third-order valence-electron chi connectivity index (χ3n) is 3.30. The molecule has 3 nitrogen and oxygen atoms in total. The summed E-state index contributed by atoms with van der Waals surface area (Å²) in [5, 5.41) is 0. The zero-order chi connectivity index (χ0) is 15.4. The van der Waals surface area contributed by atoms with Gasteiger partial charge in [0.2, 0.25) is 0 Å². The minimum absolute atomic E-state index is 0.0138. The minimum Gasteiger partial charge on any atom is -0.494 e. The molecule has 0 bridgehead atoms. The van der Waals surface area contributed by atoms with Crippen LogP contribution in [0.1, 0.15) is 15.9 Å².